The van der Waals surface area contributed by atoms with Gasteiger partial charge in [-0.3, -0.25) is 0 Å². The quantitative estimate of drug-likeness (QED) is 0.676. The van der Waals surface area contributed by atoms with E-state index in [-0.39, 0.29) is 5.41 Å². The zero-order chi connectivity index (χ0) is 10.0. The van der Waals surface area contributed by atoms with Gasteiger partial charge in [-0.15, -0.1) is 0 Å². The van der Waals surface area contributed by atoms with Gasteiger partial charge >= 0.3 is 0 Å². The fourth-order valence-corrected chi connectivity index (χ4v) is 1.76. The lowest BCUT2D eigenvalue weighted by atomic mass is 9.95. The second kappa shape index (κ2) is 3.41. The van der Waals surface area contributed by atoms with E-state index in [9.17, 15) is 4.39 Å². The summed E-state index contributed by atoms with van der Waals surface area (Å²) in [5, 5.41) is 0. The van der Waals surface area contributed by atoms with Crippen molar-refractivity contribution in [3.63, 3.8) is 0 Å². The highest BCUT2D eigenvalue weighted by Gasteiger charge is 2.41. The molecule has 1 fully saturated rings. The Morgan fingerprint density at radius 2 is 1.86 bits per heavy atom. The van der Waals surface area contributed by atoms with E-state index < -0.39 is 0 Å². The standard InChI is InChI=1S/C13H13F/c1-2-11-3-5-12(6-4-11)13(7-8-13)9-10-14/h2-6,9-10H,1,7-8H2/b10-9-. The van der Waals surface area contributed by atoms with E-state index in [1.807, 2.05) is 18.2 Å². The molecular formula is C13H13F. The molecule has 0 saturated heterocycles. The fourth-order valence-electron chi connectivity index (χ4n) is 1.76. The summed E-state index contributed by atoms with van der Waals surface area (Å²) in [5.74, 6) is 0. The van der Waals surface area contributed by atoms with Crippen LogP contribution in [0.15, 0.2) is 43.3 Å². The lowest BCUT2D eigenvalue weighted by Gasteiger charge is -2.09. The van der Waals surface area contributed by atoms with Crippen molar-refractivity contribution in [3.8, 4) is 0 Å². The third-order valence-corrected chi connectivity index (χ3v) is 2.89. The van der Waals surface area contributed by atoms with Crippen LogP contribution in [-0.2, 0) is 5.41 Å². The van der Waals surface area contributed by atoms with Gasteiger partial charge in [-0.2, -0.15) is 0 Å². The molecule has 0 spiro atoms. The van der Waals surface area contributed by atoms with E-state index in [0.29, 0.717) is 6.33 Å². The minimum absolute atomic E-state index is 0.00551. The minimum Gasteiger partial charge on any atom is -0.216 e. The summed E-state index contributed by atoms with van der Waals surface area (Å²) >= 11 is 0. The van der Waals surface area contributed by atoms with Crippen LogP contribution in [0, 0.1) is 0 Å². The molecule has 14 heavy (non-hydrogen) atoms. The Bertz CT molecular complexity index is 355. The molecule has 0 radical (unpaired) electrons. The molecule has 0 bridgehead atoms. The first-order chi connectivity index (χ1) is 6.80. The summed E-state index contributed by atoms with van der Waals surface area (Å²) in [4.78, 5) is 0. The van der Waals surface area contributed by atoms with Crippen molar-refractivity contribution < 1.29 is 4.39 Å². The Morgan fingerprint density at radius 3 is 2.29 bits per heavy atom. The minimum atomic E-state index is -0.00551. The predicted octanol–water partition coefficient (Wildman–Crippen LogP) is 3.84. The van der Waals surface area contributed by atoms with E-state index >= 15 is 0 Å². The van der Waals surface area contributed by atoms with Gasteiger partial charge in [0.25, 0.3) is 0 Å². The molecule has 1 saturated carbocycles. The molecule has 0 atom stereocenters. The molecule has 2 rings (SSSR count). The highest BCUT2D eigenvalue weighted by atomic mass is 19.1. The molecule has 0 heterocycles. The van der Waals surface area contributed by atoms with Crippen molar-refractivity contribution in [2.24, 2.45) is 0 Å². The highest BCUT2D eigenvalue weighted by Crippen LogP contribution is 2.49. The van der Waals surface area contributed by atoms with Gasteiger partial charge in [-0.25, -0.2) is 4.39 Å². The number of hydrogen-bond donors (Lipinski definition) is 0. The van der Waals surface area contributed by atoms with Crippen LogP contribution < -0.4 is 0 Å². The first-order valence-electron chi connectivity index (χ1n) is 4.82. The van der Waals surface area contributed by atoms with Gasteiger partial charge in [0.2, 0.25) is 0 Å². The summed E-state index contributed by atoms with van der Waals surface area (Å²) < 4.78 is 12.2. The summed E-state index contributed by atoms with van der Waals surface area (Å²) in [5.41, 5.74) is 2.31. The van der Waals surface area contributed by atoms with Gasteiger partial charge in [0, 0.05) is 5.41 Å². The molecule has 72 valence electrons. The molecular weight excluding hydrogens is 175 g/mol. The van der Waals surface area contributed by atoms with Crippen molar-refractivity contribution in [2.45, 2.75) is 18.3 Å². The highest BCUT2D eigenvalue weighted by molar-refractivity contribution is 5.49. The predicted molar refractivity (Wildman–Crippen MR) is 57.7 cm³/mol. The molecule has 1 aliphatic carbocycles. The van der Waals surface area contributed by atoms with E-state index in [1.165, 1.54) is 5.56 Å². The molecule has 0 aliphatic heterocycles. The average molecular weight is 188 g/mol. The van der Waals surface area contributed by atoms with Gasteiger partial charge in [0.15, 0.2) is 0 Å². The average Bonchev–Trinajstić information content (AvgIpc) is 3.00. The van der Waals surface area contributed by atoms with E-state index in [2.05, 4.69) is 18.7 Å². The molecule has 0 unspecified atom stereocenters. The first-order valence-corrected chi connectivity index (χ1v) is 4.82. The second-order valence-corrected chi connectivity index (χ2v) is 3.77. The number of allylic oxidation sites excluding steroid dienone is 1. The van der Waals surface area contributed by atoms with Crippen LogP contribution in [0.1, 0.15) is 24.0 Å². The Kier molecular flexibility index (Phi) is 2.24. The molecule has 0 amide bonds. The zero-order valence-corrected chi connectivity index (χ0v) is 8.04. The van der Waals surface area contributed by atoms with Gasteiger partial charge in [0.05, 0.1) is 6.33 Å². The summed E-state index contributed by atoms with van der Waals surface area (Å²) in [6, 6.07) is 8.16. The molecule has 1 aromatic rings. The molecule has 0 N–H and O–H groups in total. The summed E-state index contributed by atoms with van der Waals surface area (Å²) in [7, 11) is 0. The van der Waals surface area contributed by atoms with E-state index in [0.717, 1.165) is 18.4 Å². The summed E-state index contributed by atoms with van der Waals surface area (Å²) in [6.45, 7) is 3.70. The van der Waals surface area contributed by atoms with Crippen LogP contribution in [0.2, 0.25) is 0 Å². The van der Waals surface area contributed by atoms with Gasteiger partial charge in [-0.05, 0) is 30.0 Å². The maximum Gasteiger partial charge on any atom is 0.0836 e. The Hall–Kier alpha value is -1.37. The van der Waals surface area contributed by atoms with Gasteiger partial charge in [0.1, 0.15) is 0 Å². The summed E-state index contributed by atoms with van der Waals surface area (Å²) in [6.07, 6.45) is 6.25. The van der Waals surface area contributed by atoms with Crippen LogP contribution >= 0.6 is 0 Å². The SMILES string of the molecule is C=Cc1ccc(C2(/C=C\F)CC2)cc1. The van der Waals surface area contributed by atoms with Crippen molar-refractivity contribution in [3.05, 3.63) is 54.4 Å². The van der Waals surface area contributed by atoms with Gasteiger partial charge in [-0.1, -0.05) is 36.9 Å². The third-order valence-electron chi connectivity index (χ3n) is 2.89. The monoisotopic (exact) mass is 188 g/mol. The Labute approximate surface area is 83.8 Å². The number of halogens is 1. The Balaban J connectivity index is 2.29. The smallest absolute Gasteiger partial charge is 0.0836 e. The van der Waals surface area contributed by atoms with Crippen molar-refractivity contribution in [1.82, 2.24) is 0 Å². The van der Waals surface area contributed by atoms with E-state index in [1.54, 1.807) is 6.08 Å². The van der Waals surface area contributed by atoms with Crippen molar-refractivity contribution in [1.29, 1.82) is 0 Å². The maximum absolute atomic E-state index is 12.2. The van der Waals surface area contributed by atoms with E-state index in [4.69, 9.17) is 0 Å². The molecule has 0 nitrogen and oxygen atoms in total. The van der Waals surface area contributed by atoms with Crippen LogP contribution in [0.4, 0.5) is 4.39 Å². The lowest BCUT2D eigenvalue weighted by molar-refractivity contribution is 0.702. The topological polar surface area (TPSA) is 0 Å². The fraction of sp³-hybridized carbons (Fsp3) is 0.231. The van der Waals surface area contributed by atoms with Crippen molar-refractivity contribution >= 4 is 6.08 Å². The molecule has 1 aliphatic rings. The maximum atomic E-state index is 12.2. The number of benzene rings is 1. The number of rotatable bonds is 3. The van der Waals surface area contributed by atoms with Crippen LogP contribution in [0.5, 0.6) is 0 Å². The normalized spacial score (nSPS) is 18.4. The Morgan fingerprint density at radius 1 is 1.21 bits per heavy atom. The van der Waals surface area contributed by atoms with Crippen LogP contribution in [0.3, 0.4) is 0 Å². The van der Waals surface area contributed by atoms with Gasteiger partial charge < -0.3 is 0 Å². The second-order valence-electron chi connectivity index (χ2n) is 3.77. The number of hydrogen-bond acceptors (Lipinski definition) is 0. The lowest BCUT2D eigenvalue weighted by Crippen LogP contribution is -2.01. The zero-order valence-electron chi connectivity index (χ0n) is 8.04. The van der Waals surface area contributed by atoms with Crippen molar-refractivity contribution in [2.75, 3.05) is 0 Å². The van der Waals surface area contributed by atoms with Crippen LogP contribution in [-0.4, -0.2) is 0 Å². The largest absolute Gasteiger partial charge is 0.216 e. The van der Waals surface area contributed by atoms with Crippen LogP contribution in [0.25, 0.3) is 6.08 Å². The third kappa shape index (κ3) is 1.50. The molecule has 1 aromatic carbocycles. The molecule has 0 aromatic heterocycles. The molecule has 1 heteroatoms. The first kappa shape index (κ1) is 9.20.